The number of aryl methyl sites for hydroxylation is 2. The van der Waals surface area contributed by atoms with Gasteiger partial charge in [0.25, 0.3) is 0 Å². The SMILES string of the molecule is CCNC(CCc1ccccc1)c1ccc(C)c(OC)c1. The highest BCUT2D eigenvalue weighted by Gasteiger charge is 2.12. The van der Waals surface area contributed by atoms with Crippen molar-refractivity contribution in [2.75, 3.05) is 13.7 Å². The Morgan fingerprint density at radius 1 is 1.10 bits per heavy atom. The van der Waals surface area contributed by atoms with Gasteiger partial charge in [-0.15, -0.1) is 0 Å². The Labute approximate surface area is 128 Å². The fourth-order valence-electron chi connectivity index (χ4n) is 2.64. The maximum absolute atomic E-state index is 5.45. The zero-order valence-corrected chi connectivity index (χ0v) is 13.2. The van der Waals surface area contributed by atoms with Gasteiger partial charge in [0, 0.05) is 6.04 Å². The summed E-state index contributed by atoms with van der Waals surface area (Å²) in [5, 5.41) is 3.58. The average Bonchev–Trinajstić information content (AvgIpc) is 2.53. The first-order chi connectivity index (χ1) is 10.2. The quantitative estimate of drug-likeness (QED) is 0.818. The molecule has 0 saturated carbocycles. The number of benzene rings is 2. The number of rotatable bonds is 7. The zero-order chi connectivity index (χ0) is 15.1. The second-order valence-corrected chi connectivity index (χ2v) is 5.36. The minimum absolute atomic E-state index is 0.365. The smallest absolute Gasteiger partial charge is 0.122 e. The van der Waals surface area contributed by atoms with Crippen LogP contribution in [0.25, 0.3) is 0 Å². The van der Waals surface area contributed by atoms with Crippen molar-refractivity contribution in [3.05, 3.63) is 65.2 Å². The predicted octanol–water partition coefficient (Wildman–Crippen LogP) is 4.29. The molecular weight excluding hydrogens is 258 g/mol. The lowest BCUT2D eigenvalue weighted by Crippen LogP contribution is -2.21. The van der Waals surface area contributed by atoms with E-state index < -0.39 is 0 Å². The van der Waals surface area contributed by atoms with Gasteiger partial charge in [-0.25, -0.2) is 0 Å². The minimum Gasteiger partial charge on any atom is -0.496 e. The van der Waals surface area contributed by atoms with Gasteiger partial charge in [-0.3, -0.25) is 0 Å². The Balaban J connectivity index is 2.11. The van der Waals surface area contributed by atoms with Crippen molar-refractivity contribution in [3.63, 3.8) is 0 Å². The summed E-state index contributed by atoms with van der Waals surface area (Å²) in [6.07, 6.45) is 2.17. The van der Waals surface area contributed by atoms with E-state index in [1.807, 2.05) is 0 Å². The Kier molecular flexibility index (Phi) is 5.82. The number of hydrogen-bond donors (Lipinski definition) is 1. The molecule has 0 aliphatic carbocycles. The van der Waals surface area contributed by atoms with E-state index in [4.69, 9.17) is 4.74 Å². The number of ether oxygens (including phenoxy) is 1. The van der Waals surface area contributed by atoms with Gasteiger partial charge in [-0.2, -0.15) is 0 Å². The zero-order valence-electron chi connectivity index (χ0n) is 13.2. The van der Waals surface area contributed by atoms with Gasteiger partial charge in [0.15, 0.2) is 0 Å². The first kappa shape index (κ1) is 15.6. The van der Waals surface area contributed by atoms with Crippen LogP contribution in [0.1, 0.15) is 36.1 Å². The van der Waals surface area contributed by atoms with Crippen LogP contribution in [0, 0.1) is 6.92 Å². The molecule has 1 unspecified atom stereocenters. The van der Waals surface area contributed by atoms with Crippen LogP contribution in [0.3, 0.4) is 0 Å². The second kappa shape index (κ2) is 7.84. The third-order valence-electron chi connectivity index (χ3n) is 3.85. The molecule has 0 heterocycles. The van der Waals surface area contributed by atoms with E-state index in [9.17, 15) is 0 Å². The van der Waals surface area contributed by atoms with E-state index in [1.54, 1.807) is 7.11 Å². The van der Waals surface area contributed by atoms with Gasteiger partial charge >= 0.3 is 0 Å². The van der Waals surface area contributed by atoms with Gasteiger partial charge in [0.1, 0.15) is 5.75 Å². The van der Waals surface area contributed by atoms with Gasteiger partial charge in [-0.05, 0) is 49.1 Å². The van der Waals surface area contributed by atoms with Crippen molar-refractivity contribution in [1.29, 1.82) is 0 Å². The van der Waals surface area contributed by atoms with Crippen LogP contribution < -0.4 is 10.1 Å². The Morgan fingerprint density at radius 3 is 2.52 bits per heavy atom. The molecule has 0 fully saturated rings. The minimum atomic E-state index is 0.365. The molecule has 112 valence electrons. The van der Waals surface area contributed by atoms with Gasteiger partial charge in [0.05, 0.1) is 7.11 Å². The summed E-state index contributed by atoms with van der Waals surface area (Å²) in [7, 11) is 1.73. The Hall–Kier alpha value is -1.80. The van der Waals surface area contributed by atoms with Crippen molar-refractivity contribution >= 4 is 0 Å². The molecule has 0 aliphatic rings. The Bertz CT molecular complexity index is 551. The van der Waals surface area contributed by atoms with Crippen molar-refractivity contribution in [2.45, 2.75) is 32.7 Å². The molecule has 0 amide bonds. The molecule has 2 rings (SSSR count). The van der Waals surface area contributed by atoms with Crippen LogP contribution in [0.4, 0.5) is 0 Å². The van der Waals surface area contributed by atoms with Crippen molar-refractivity contribution in [2.24, 2.45) is 0 Å². The number of methoxy groups -OCH3 is 1. The normalized spacial score (nSPS) is 12.1. The predicted molar refractivity (Wildman–Crippen MR) is 88.9 cm³/mol. The average molecular weight is 283 g/mol. The molecule has 0 saturated heterocycles. The molecule has 0 aliphatic heterocycles. The third kappa shape index (κ3) is 4.33. The largest absolute Gasteiger partial charge is 0.496 e. The van der Waals surface area contributed by atoms with Crippen LogP contribution in [0.15, 0.2) is 48.5 Å². The molecule has 2 aromatic rings. The summed E-state index contributed by atoms with van der Waals surface area (Å²) in [5.74, 6) is 0.968. The summed E-state index contributed by atoms with van der Waals surface area (Å²) in [6.45, 7) is 5.20. The van der Waals surface area contributed by atoms with Crippen molar-refractivity contribution in [3.8, 4) is 5.75 Å². The molecule has 0 spiro atoms. The van der Waals surface area contributed by atoms with Crippen LogP contribution in [0.5, 0.6) is 5.75 Å². The topological polar surface area (TPSA) is 21.3 Å². The van der Waals surface area contributed by atoms with E-state index in [0.717, 1.165) is 25.1 Å². The van der Waals surface area contributed by atoms with Gasteiger partial charge in [-0.1, -0.05) is 49.4 Å². The molecule has 2 nitrogen and oxygen atoms in total. The highest BCUT2D eigenvalue weighted by molar-refractivity contribution is 5.38. The van der Waals surface area contributed by atoms with E-state index >= 15 is 0 Å². The highest BCUT2D eigenvalue weighted by atomic mass is 16.5. The first-order valence-corrected chi connectivity index (χ1v) is 7.66. The lowest BCUT2D eigenvalue weighted by molar-refractivity contribution is 0.409. The van der Waals surface area contributed by atoms with E-state index in [2.05, 4.69) is 67.7 Å². The molecule has 0 radical (unpaired) electrons. The molecular formula is C19H25NO. The van der Waals surface area contributed by atoms with Crippen molar-refractivity contribution in [1.82, 2.24) is 5.32 Å². The first-order valence-electron chi connectivity index (χ1n) is 7.66. The molecule has 2 aromatic carbocycles. The van der Waals surface area contributed by atoms with Crippen LogP contribution in [-0.4, -0.2) is 13.7 Å². The molecule has 0 bridgehead atoms. The lowest BCUT2D eigenvalue weighted by atomic mass is 9.97. The fourth-order valence-corrected chi connectivity index (χ4v) is 2.64. The molecule has 0 aromatic heterocycles. The molecule has 2 heteroatoms. The van der Waals surface area contributed by atoms with Crippen molar-refractivity contribution < 1.29 is 4.74 Å². The fraction of sp³-hybridized carbons (Fsp3) is 0.368. The molecule has 1 N–H and O–H groups in total. The summed E-state index contributed by atoms with van der Waals surface area (Å²) in [4.78, 5) is 0. The van der Waals surface area contributed by atoms with E-state index in [-0.39, 0.29) is 0 Å². The maximum Gasteiger partial charge on any atom is 0.122 e. The Morgan fingerprint density at radius 2 is 1.86 bits per heavy atom. The number of hydrogen-bond acceptors (Lipinski definition) is 2. The molecule has 21 heavy (non-hydrogen) atoms. The van der Waals surface area contributed by atoms with E-state index in [0.29, 0.717) is 6.04 Å². The summed E-state index contributed by atoms with van der Waals surface area (Å²) >= 11 is 0. The monoisotopic (exact) mass is 283 g/mol. The van der Waals surface area contributed by atoms with E-state index in [1.165, 1.54) is 16.7 Å². The van der Waals surface area contributed by atoms with Crippen LogP contribution in [-0.2, 0) is 6.42 Å². The highest BCUT2D eigenvalue weighted by Crippen LogP contribution is 2.26. The van der Waals surface area contributed by atoms with Gasteiger partial charge in [0.2, 0.25) is 0 Å². The number of nitrogens with one attached hydrogen (secondary N) is 1. The lowest BCUT2D eigenvalue weighted by Gasteiger charge is -2.20. The van der Waals surface area contributed by atoms with Crippen LogP contribution >= 0.6 is 0 Å². The summed E-state index contributed by atoms with van der Waals surface area (Å²) < 4.78 is 5.45. The third-order valence-corrected chi connectivity index (χ3v) is 3.85. The standard InChI is InChI=1S/C19H25NO/c1-4-20-18(13-11-16-8-6-5-7-9-16)17-12-10-15(2)19(14-17)21-3/h5-10,12,14,18,20H,4,11,13H2,1-3H3. The summed E-state index contributed by atoms with van der Waals surface area (Å²) in [6, 6.07) is 17.5. The molecule has 1 atom stereocenters. The second-order valence-electron chi connectivity index (χ2n) is 5.36. The maximum atomic E-state index is 5.45. The van der Waals surface area contributed by atoms with Gasteiger partial charge < -0.3 is 10.1 Å². The van der Waals surface area contributed by atoms with Crippen LogP contribution in [0.2, 0.25) is 0 Å². The summed E-state index contributed by atoms with van der Waals surface area (Å²) in [5.41, 5.74) is 3.87.